The van der Waals surface area contributed by atoms with Gasteiger partial charge in [0.2, 0.25) is 0 Å². The second kappa shape index (κ2) is 14.2. The van der Waals surface area contributed by atoms with Crippen molar-refractivity contribution in [1.82, 2.24) is 0 Å². The molecule has 0 fully saturated rings. The van der Waals surface area contributed by atoms with Crippen molar-refractivity contribution in [3.05, 3.63) is 233 Å². The van der Waals surface area contributed by atoms with Crippen molar-refractivity contribution in [3.8, 4) is 22.3 Å². The van der Waals surface area contributed by atoms with Gasteiger partial charge in [0.15, 0.2) is 0 Å². The number of hydrogen-bond donors (Lipinski definition) is 0. The Labute approximate surface area is 389 Å². The molecule has 3 unspecified atom stereocenters. The van der Waals surface area contributed by atoms with Gasteiger partial charge < -0.3 is 0 Å². The topological polar surface area (TPSA) is 0 Å². The maximum Gasteiger partial charge on any atom is 0.0218 e. The minimum atomic E-state index is 0.0258. The summed E-state index contributed by atoms with van der Waals surface area (Å²) >= 11 is 0. The molecular formula is C66H54. The van der Waals surface area contributed by atoms with Crippen LogP contribution in [0.5, 0.6) is 0 Å². The fraction of sp³-hybridized carbons (Fsp3) is 0.182. The molecular weight excluding hydrogens is 793 g/mol. The van der Waals surface area contributed by atoms with Crippen molar-refractivity contribution in [2.24, 2.45) is 23.2 Å². The molecule has 8 aromatic carbocycles. The maximum absolute atomic E-state index is 2.69. The Kier molecular flexibility index (Phi) is 8.49. The predicted octanol–water partition coefficient (Wildman–Crippen LogP) is 17.7. The van der Waals surface area contributed by atoms with E-state index in [1.54, 1.807) is 0 Å². The van der Waals surface area contributed by atoms with Gasteiger partial charge in [-0.05, 0) is 181 Å². The lowest BCUT2D eigenvalue weighted by Crippen LogP contribution is -2.24. The highest BCUT2D eigenvalue weighted by Crippen LogP contribution is 2.67. The molecule has 0 aliphatic heterocycles. The fourth-order valence-corrected chi connectivity index (χ4v) is 12.3. The van der Waals surface area contributed by atoms with E-state index in [-0.39, 0.29) is 28.6 Å². The van der Waals surface area contributed by atoms with Crippen LogP contribution >= 0.6 is 0 Å². The normalized spacial score (nSPS) is 19.5. The number of allylic oxidation sites excluding steroid dienone is 12. The number of benzene rings is 8. The first-order chi connectivity index (χ1) is 32.0. The molecule has 5 aliphatic rings. The van der Waals surface area contributed by atoms with Crippen LogP contribution in [-0.4, -0.2) is 0 Å². The molecule has 0 spiro atoms. The second-order valence-electron chi connectivity index (χ2n) is 21.6. The first-order valence-corrected chi connectivity index (χ1v) is 24.1. The minimum Gasteiger partial charge on any atom is -0.0767 e. The lowest BCUT2D eigenvalue weighted by atomic mass is 9.65. The van der Waals surface area contributed by atoms with Crippen LogP contribution in [-0.2, 0) is 5.41 Å². The summed E-state index contributed by atoms with van der Waals surface area (Å²) in [6.45, 7) is 14.2. The van der Waals surface area contributed by atoms with Crippen molar-refractivity contribution in [2.45, 2.75) is 53.4 Å². The van der Waals surface area contributed by atoms with Gasteiger partial charge in [-0.25, -0.2) is 0 Å². The van der Waals surface area contributed by atoms with E-state index in [4.69, 9.17) is 0 Å². The lowest BCUT2D eigenvalue weighted by Gasteiger charge is -2.37. The average molecular weight is 847 g/mol. The van der Waals surface area contributed by atoms with Crippen molar-refractivity contribution < 1.29 is 0 Å². The molecule has 0 heterocycles. The first-order valence-electron chi connectivity index (χ1n) is 24.1. The molecule has 8 aromatic rings. The third kappa shape index (κ3) is 5.97. The first kappa shape index (κ1) is 39.4. The maximum atomic E-state index is 2.69. The Bertz CT molecular complexity index is 3600. The summed E-state index contributed by atoms with van der Waals surface area (Å²) in [6, 6.07) is 60.2. The highest BCUT2D eigenvalue weighted by atomic mass is 14.5. The second-order valence-corrected chi connectivity index (χ2v) is 21.6. The number of fused-ring (bicyclic) bond motifs is 9. The predicted molar refractivity (Wildman–Crippen MR) is 283 cm³/mol. The van der Waals surface area contributed by atoms with Gasteiger partial charge in [-0.2, -0.15) is 0 Å². The molecule has 318 valence electrons. The zero-order chi connectivity index (χ0) is 44.6. The van der Waals surface area contributed by atoms with Crippen LogP contribution in [0.25, 0.3) is 82.4 Å². The van der Waals surface area contributed by atoms with E-state index >= 15 is 0 Å². The lowest BCUT2D eigenvalue weighted by molar-refractivity contribution is 0.466. The van der Waals surface area contributed by atoms with Crippen LogP contribution < -0.4 is 0 Å². The summed E-state index contributed by atoms with van der Waals surface area (Å²) in [5.74, 6) is 0.697. The summed E-state index contributed by atoms with van der Waals surface area (Å²) < 4.78 is 0. The quantitative estimate of drug-likeness (QED) is 0.155. The van der Waals surface area contributed by atoms with Gasteiger partial charge in [0, 0.05) is 17.8 Å². The highest BCUT2D eigenvalue weighted by Gasteiger charge is 2.51. The minimum absolute atomic E-state index is 0.0258. The fourth-order valence-electron chi connectivity index (χ4n) is 12.3. The molecule has 5 aliphatic carbocycles. The molecule has 66 heavy (non-hydrogen) atoms. The Morgan fingerprint density at radius 3 is 1.68 bits per heavy atom. The molecule has 0 saturated heterocycles. The van der Waals surface area contributed by atoms with Crippen LogP contribution in [0.1, 0.15) is 81.3 Å². The largest absolute Gasteiger partial charge is 0.0767 e. The van der Waals surface area contributed by atoms with E-state index in [0.717, 1.165) is 6.42 Å². The Morgan fingerprint density at radius 2 is 0.985 bits per heavy atom. The van der Waals surface area contributed by atoms with E-state index in [1.165, 1.54) is 127 Å². The van der Waals surface area contributed by atoms with E-state index in [9.17, 15) is 0 Å². The standard InChI is InChI=1S/C66H54/c1-65(2,3)47-25-13-21-42(30-47)53-37-59-55-34-46-33-51-41(23-15-27-49(51)39-17-9-7-10-18-39)29-45(46)35-58(55)62-54(43-22-14-26-48(31-43)66(4,5)6)38-60-56-36-52-44(32-57(56)61(53)64(60)63(59)62)24-16-28-50(52)40-19-11-8-12-20-40/h7-30,32-38,43,63-64H,31H2,1-6H3. The third-order valence-electron chi connectivity index (χ3n) is 15.7. The van der Waals surface area contributed by atoms with Crippen LogP contribution in [0.4, 0.5) is 0 Å². The summed E-state index contributed by atoms with van der Waals surface area (Å²) in [5, 5.41) is 7.81. The number of rotatable bonds is 4. The van der Waals surface area contributed by atoms with E-state index in [2.05, 4.69) is 230 Å². The Hall–Kier alpha value is -7.02. The smallest absolute Gasteiger partial charge is 0.0218 e. The molecule has 0 N–H and O–H groups in total. The van der Waals surface area contributed by atoms with Gasteiger partial charge in [-0.3, -0.25) is 0 Å². The van der Waals surface area contributed by atoms with E-state index < -0.39 is 0 Å². The van der Waals surface area contributed by atoms with Gasteiger partial charge in [0.05, 0.1) is 0 Å². The molecule has 0 nitrogen and oxygen atoms in total. The monoisotopic (exact) mass is 846 g/mol. The zero-order valence-electron chi connectivity index (χ0n) is 38.8. The van der Waals surface area contributed by atoms with Crippen molar-refractivity contribution in [1.29, 1.82) is 0 Å². The van der Waals surface area contributed by atoms with Crippen molar-refractivity contribution >= 4 is 60.2 Å². The van der Waals surface area contributed by atoms with Gasteiger partial charge in [-0.1, -0.05) is 193 Å². The number of hydrogen-bond acceptors (Lipinski definition) is 0. The van der Waals surface area contributed by atoms with Crippen LogP contribution in [0.2, 0.25) is 0 Å². The van der Waals surface area contributed by atoms with Gasteiger partial charge >= 0.3 is 0 Å². The molecule has 0 amide bonds. The zero-order valence-corrected chi connectivity index (χ0v) is 38.8. The molecule has 3 atom stereocenters. The van der Waals surface area contributed by atoms with E-state index in [0.29, 0.717) is 0 Å². The third-order valence-corrected chi connectivity index (χ3v) is 15.7. The molecule has 0 radical (unpaired) electrons. The Morgan fingerprint density at radius 1 is 0.424 bits per heavy atom. The molecule has 0 bridgehead atoms. The van der Waals surface area contributed by atoms with Crippen LogP contribution in [0.15, 0.2) is 199 Å². The Balaban J connectivity index is 1.12. The van der Waals surface area contributed by atoms with Crippen molar-refractivity contribution in [3.63, 3.8) is 0 Å². The molecule has 13 rings (SSSR count). The van der Waals surface area contributed by atoms with Crippen LogP contribution in [0, 0.1) is 23.2 Å². The molecule has 0 heteroatoms. The summed E-state index contributed by atoms with van der Waals surface area (Å²) in [6.07, 6.45) is 13.6. The average Bonchev–Trinajstić information content (AvgIpc) is 3.82. The summed E-state index contributed by atoms with van der Waals surface area (Å²) in [4.78, 5) is 0. The summed E-state index contributed by atoms with van der Waals surface area (Å²) in [7, 11) is 0. The van der Waals surface area contributed by atoms with Crippen LogP contribution in [0.3, 0.4) is 0 Å². The van der Waals surface area contributed by atoms with Gasteiger partial charge in [0.1, 0.15) is 0 Å². The highest BCUT2D eigenvalue weighted by molar-refractivity contribution is 6.20. The van der Waals surface area contributed by atoms with E-state index in [1.807, 2.05) is 0 Å². The van der Waals surface area contributed by atoms with Gasteiger partial charge in [0.25, 0.3) is 0 Å². The SMILES string of the molecule is CC(C)(C)C1=CC=CC(C2=C3c4cc5cc6cccc(-c7ccccc7)c6cc5cc4C4=CC(c5cccc(C(C)(C)C)c5)=C5c6cc7cccc(-c8ccccc8)c7cc6C(=C2)C5C43)C1. The summed E-state index contributed by atoms with van der Waals surface area (Å²) in [5.41, 5.74) is 23.9. The van der Waals surface area contributed by atoms with Crippen molar-refractivity contribution in [2.75, 3.05) is 0 Å². The molecule has 0 saturated carbocycles. The molecule has 0 aromatic heterocycles. The van der Waals surface area contributed by atoms with Gasteiger partial charge in [-0.15, -0.1) is 0 Å².